The third-order valence-electron chi connectivity index (χ3n) is 3.49. The zero-order chi connectivity index (χ0) is 18.5. The Morgan fingerprint density at radius 2 is 1.93 bits per heavy atom. The molecule has 2 aromatic carbocycles. The van der Waals surface area contributed by atoms with Crippen molar-refractivity contribution in [3.8, 4) is 5.75 Å². The van der Waals surface area contributed by atoms with Gasteiger partial charge < -0.3 is 10.6 Å². The lowest BCUT2D eigenvalue weighted by Gasteiger charge is -2.08. The molecule has 0 aliphatic heterocycles. The molecule has 0 aliphatic carbocycles. The van der Waals surface area contributed by atoms with Crippen molar-refractivity contribution >= 4 is 60.2 Å². The maximum absolute atomic E-state index is 6.01. The predicted molar refractivity (Wildman–Crippen MR) is 118 cm³/mol. The van der Waals surface area contributed by atoms with Gasteiger partial charge in [-0.05, 0) is 42.3 Å². The average Bonchev–Trinajstić information content (AvgIpc) is 2.95. The third-order valence-corrected chi connectivity index (χ3v) is 4.23. The van der Waals surface area contributed by atoms with Crippen LogP contribution in [0, 0.1) is 6.92 Å². The van der Waals surface area contributed by atoms with E-state index in [-0.39, 0.29) is 24.8 Å². The smallest absolute Gasteiger partial charge is 0.263 e. The van der Waals surface area contributed by atoms with Crippen LogP contribution in [0.3, 0.4) is 0 Å². The van der Waals surface area contributed by atoms with Crippen LogP contribution in [0.15, 0.2) is 47.6 Å². The molecular formula is C17H18Cl4N6O. The minimum absolute atomic E-state index is 0. The number of nitrogen functional groups attached to an aromatic ring is 1. The molecule has 0 amide bonds. The van der Waals surface area contributed by atoms with E-state index in [0.717, 1.165) is 11.1 Å². The maximum Gasteiger partial charge on any atom is 0.263 e. The van der Waals surface area contributed by atoms with E-state index < -0.39 is 0 Å². The molecular weight excluding hydrogens is 446 g/mol. The number of nitrogens with zero attached hydrogens (tertiary/aromatic N) is 4. The molecule has 150 valence electrons. The molecule has 0 unspecified atom stereocenters. The summed E-state index contributed by atoms with van der Waals surface area (Å²) in [7, 11) is 0. The van der Waals surface area contributed by atoms with Gasteiger partial charge in [0.15, 0.2) is 5.82 Å². The number of aromatic nitrogens is 3. The standard InChI is InChI=1S/C17H16Cl2N6O.2ClH/c1-11-22-24-17(25(11)20)23-21-9-12-3-2-4-14(7-12)26-10-13-5-6-15(18)16(19)8-13;;/h2-9H,10,20H2,1H3,(H,23,24);2*1H. The van der Waals surface area contributed by atoms with Crippen LogP contribution in [0.4, 0.5) is 5.95 Å². The van der Waals surface area contributed by atoms with Crippen molar-refractivity contribution in [1.29, 1.82) is 0 Å². The van der Waals surface area contributed by atoms with E-state index in [2.05, 4.69) is 20.7 Å². The Labute approximate surface area is 184 Å². The summed E-state index contributed by atoms with van der Waals surface area (Å²) in [5.74, 6) is 7.38. The summed E-state index contributed by atoms with van der Waals surface area (Å²) in [6.45, 7) is 2.13. The number of benzene rings is 2. The first-order valence-electron chi connectivity index (χ1n) is 7.66. The van der Waals surface area contributed by atoms with Gasteiger partial charge >= 0.3 is 0 Å². The molecule has 0 saturated carbocycles. The number of ether oxygens (including phenoxy) is 1. The number of halogens is 4. The summed E-state index contributed by atoms with van der Waals surface area (Å²) in [5.41, 5.74) is 4.52. The highest BCUT2D eigenvalue weighted by atomic mass is 35.5. The van der Waals surface area contributed by atoms with Gasteiger partial charge in [-0.2, -0.15) is 5.10 Å². The summed E-state index contributed by atoms with van der Waals surface area (Å²) in [6.07, 6.45) is 1.63. The SMILES string of the molecule is Cc1nnc(NN=Cc2cccc(OCc3ccc(Cl)c(Cl)c3)c2)n1N.Cl.Cl. The number of anilines is 1. The lowest BCUT2D eigenvalue weighted by molar-refractivity contribution is 0.306. The highest BCUT2D eigenvalue weighted by molar-refractivity contribution is 6.42. The Bertz CT molecular complexity index is 947. The number of aryl methyl sites for hydroxylation is 1. The van der Waals surface area contributed by atoms with Crippen LogP contribution in [-0.2, 0) is 6.61 Å². The first-order valence-corrected chi connectivity index (χ1v) is 8.41. The van der Waals surface area contributed by atoms with Crippen molar-refractivity contribution in [2.45, 2.75) is 13.5 Å². The van der Waals surface area contributed by atoms with Crippen molar-refractivity contribution in [2.24, 2.45) is 5.10 Å². The van der Waals surface area contributed by atoms with E-state index in [1.54, 1.807) is 25.3 Å². The fourth-order valence-corrected chi connectivity index (χ4v) is 2.41. The van der Waals surface area contributed by atoms with Crippen LogP contribution >= 0.6 is 48.0 Å². The average molecular weight is 464 g/mol. The molecule has 3 rings (SSSR count). The van der Waals surface area contributed by atoms with E-state index >= 15 is 0 Å². The van der Waals surface area contributed by atoms with E-state index in [1.807, 2.05) is 30.3 Å². The van der Waals surface area contributed by atoms with Gasteiger partial charge in [0.2, 0.25) is 0 Å². The Morgan fingerprint density at radius 3 is 2.61 bits per heavy atom. The van der Waals surface area contributed by atoms with Crippen LogP contribution in [-0.4, -0.2) is 21.1 Å². The van der Waals surface area contributed by atoms with Crippen LogP contribution in [0.25, 0.3) is 0 Å². The second-order valence-electron chi connectivity index (χ2n) is 5.42. The third kappa shape index (κ3) is 6.17. The second-order valence-corrected chi connectivity index (χ2v) is 6.23. The summed E-state index contributed by atoms with van der Waals surface area (Å²) in [6, 6.07) is 12.9. The second kappa shape index (κ2) is 11.0. The zero-order valence-electron chi connectivity index (χ0n) is 14.7. The molecule has 11 heteroatoms. The van der Waals surface area contributed by atoms with Crippen LogP contribution in [0.5, 0.6) is 5.75 Å². The lowest BCUT2D eigenvalue weighted by Crippen LogP contribution is -2.13. The maximum atomic E-state index is 6.01. The van der Waals surface area contributed by atoms with Gasteiger partial charge in [0, 0.05) is 0 Å². The number of nitrogens with two attached hydrogens (primary N) is 1. The molecule has 28 heavy (non-hydrogen) atoms. The topological polar surface area (TPSA) is 90.4 Å². The minimum atomic E-state index is 0. The lowest BCUT2D eigenvalue weighted by atomic mass is 10.2. The zero-order valence-corrected chi connectivity index (χ0v) is 17.8. The first kappa shape index (κ1) is 23.8. The molecule has 3 aromatic rings. The van der Waals surface area contributed by atoms with Gasteiger partial charge in [-0.1, -0.05) is 41.4 Å². The fraction of sp³-hybridized carbons (Fsp3) is 0.118. The monoisotopic (exact) mass is 462 g/mol. The van der Waals surface area contributed by atoms with Gasteiger partial charge in [0.1, 0.15) is 12.4 Å². The molecule has 7 nitrogen and oxygen atoms in total. The summed E-state index contributed by atoms with van der Waals surface area (Å²) in [5, 5.41) is 12.8. The van der Waals surface area contributed by atoms with Crippen molar-refractivity contribution in [3.05, 3.63) is 69.5 Å². The number of hydrogen-bond acceptors (Lipinski definition) is 6. The highest BCUT2D eigenvalue weighted by Crippen LogP contribution is 2.23. The van der Waals surface area contributed by atoms with E-state index in [9.17, 15) is 0 Å². The normalized spacial score (nSPS) is 10.2. The molecule has 3 N–H and O–H groups in total. The van der Waals surface area contributed by atoms with Crippen molar-refractivity contribution < 1.29 is 4.74 Å². The molecule has 0 radical (unpaired) electrons. The number of hydrogen-bond donors (Lipinski definition) is 2. The molecule has 0 saturated heterocycles. The van der Waals surface area contributed by atoms with Crippen molar-refractivity contribution in [3.63, 3.8) is 0 Å². The van der Waals surface area contributed by atoms with Crippen molar-refractivity contribution in [2.75, 3.05) is 11.3 Å². The van der Waals surface area contributed by atoms with Gasteiger partial charge in [-0.25, -0.2) is 10.1 Å². The molecule has 1 aromatic heterocycles. The quantitative estimate of drug-likeness (QED) is 0.319. The molecule has 0 aliphatic rings. The Hall–Kier alpha value is -2.19. The largest absolute Gasteiger partial charge is 0.489 e. The summed E-state index contributed by atoms with van der Waals surface area (Å²) >= 11 is 11.9. The Balaban J connectivity index is 0.00000196. The molecule has 0 atom stereocenters. The fourth-order valence-electron chi connectivity index (χ4n) is 2.09. The van der Waals surface area contributed by atoms with Crippen molar-refractivity contribution in [1.82, 2.24) is 14.9 Å². The van der Waals surface area contributed by atoms with E-state index in [0.29, 0.717) is 34.2 Å². The minimum Gasteiger partial charge on any atom is -0.489 e. The van der Waals surface area contributed by atoms with E-state index in [1.165, 1.54) is 4.68 Å². The molecule has 1 heterocycles. The van der Waals surface area contributed by atoms with Crippen LogP contribution in [0.1, 0.15) is 17.0 Å². The summed E-state index contributed by atoms with van der Waals surface area (Å²) < 4.78 is 7.10. The highest BCUT2D eigenvalue weighted by Gasteiger charge is 2.03. The van der Waals surface area contributed by atoms with Gasteiger partial charge in [-0.3, -0.25) is 0 Å². The molecule has 0 bridgehead atoms. The first-order chi connectivity index (χ1) is 12.5. The number of rotatable bonds is 6. The van der Waals surface area contributed by atoms with Gasteiger partial charge in [-0.15, -0.1) is 35.0 Å². The Morgan fingerprint density at radius 1 is 1.14 bits per heavy atom. The predicted octanol–water partition coefficient (Wildman–Crippen LogP) is 4.48. The van der Waals surface area contributed by atoms with E-state index in [4.69, 9.17) is 33.8 Å². The number of hydrazone groups is 1. The number of nitrogens with one attached hydrogen (secondary N) is 1. The molecule has 0 fully saturated rings. The van der Waals surface area contributed by atoms with Gasteiger partial charge in [0.05, 0.1) is 16.3 Å². The molecule has 0 spiro atoms. The Kier molecular flexibility index (Phi) is 9.34. The van der Waals surface area contributed by atoms with Crippen LogP contribution < -0.4 is 16.0 Å². The summed E-state index contributed by atoms with van der Waals surface area (Å²) in [4.78, 5) is 0. The van der Waals surface area contributed by atoms with Crippen LogP contribution in [0.2, 0.25) is 10.0 Å². The van der Waals surface area contributed by atoms with Gasteiger partial charge in [0.25, 0.3) is 5.95 Å².